The number of amides is 1. The van der Waals surface area contributed by atoms with Gasteiger partial charge < -0.3 is 19.3 Å². The number of nitrogens with one attached hydrogen (secondary N) is 1. The van der Waals surface area contributed by atoms with Crippen molar-refractivity contribution in [1.82, 2.24) is 5.16 Å². The van der Waals surface area contributed by atoms with Gasteiger partial charge in [0.1, 0.15) is 16.3 Å². The summed E-state index contributed by atoms with van der Waals surface area (Å²) in [6.45, 7) is 6.62. The molecule has 0 aliphatic rings. The highest BCUT2D eigenvalue weighted by atomic mass is 32.1. The first-order valence-electron chi connectivity index (χ1n) is 7.50. The van der Waals surface area contributed by atoms with Crippen molar-refractivity contribution in [2.75, 3.05) is 18.5 Å². The Morgan fingerprint density at radius 3 is 2.52 bits per heavy atom. The Hall–Kier alpha value is -2.68. The van der Waals surface area contributed by atoms with Crippen LogP contribution in [0.25, 0.3) is 0 Å². The van der Waals surface area contributed by atoms with E-state index in [0.29, 0.717) is 16.3 Å². The molecule has 0 aliphatic carbocycles. The Labute approximate surface area is 148 Å². The molecule has 25 heavy (non-hydrogen) atoms. The van der Waals surface area contributed by atoms with E-state index < -0.39 is 24.5 Å². The number of hydrogen-bond acceptors (Lipinski definition) is 8. The Bertz CT molecular complexity index is 808. The maximum absolute atomic E-state index is 12.1. The van der Waals surface area contributed by atoms with Crippen LogP contribution in [-0.4, -0.2) is 36.2 Å². The summed E-state index contributed by atoms with van der Waals surface area (Å²) in [6, 6.07) is 0. The molecule has 0 radical (unpaired) electrons. The smallest absolute Gasteiger partial charge is 0.343 e. The van der Waals surface area contributed by atoms with E-state index in [4.69, 9.17) is 14.0 Å². The van der Waals surface area contributed by atoms with Crippen molar-refractivity contribution in [3.05, 3.63) is 33.5 Å². The van der Waals surface area contributed by atoms with Gasteiger partial charge >= 0.3 is 11.9 Å². The zero-order valence-corrected chi connectivity index (χ0v) is 15.1. The third-order valence-corrected chi connectivity index (χ3v) is 4.55. The van der Waals surface area contributed by atoms with Crippen LogP contribution in [0.2, 0.25) is 0 Å². The largest absolute Gasteiger partial charge is 0.462 e. The summed E-state index contributed by atoms with van der Waals surface area (Å²) in [5, 5.41) is 6.43. The molecule has 0 saturated carbocycles. The highest BCUT2D eigenvalue weighted by molar-refractivity contribution is 7.16. The molecule has 0 aromatic carbocycles. The summed E-state index contributed by atoms with van der Waals surface area (Å²) in [4.78, 5) is 36.8. The van der Waals surface area contributed by atoms with Gasteiger partial charge in [0.25, 0.3) is 5.91 Å². The van der Waals surface area contributed by atoms with Gasteiger partial charge in [-0.05, 0) is 33.3 Å². The van der Waals surface area contributed by atoms with Crippen molar-refractivity contribution in [2.45, 2.75) is 27.7 Å². The molecule has 0 spiro atoms. The van der Waals surface area contributed by atoms with Crippen LogP contribution in [0.3, 0.4) is 0 Å². The zero-order valence-electron chi connectivity index (χ0n) is 14.3. The Morgan fingerprint density at radius 1 is 1.20 bits per heavy atom. The number of hydrogen-bond donors (Lipinski definition) is 1. The molecule has 0 unspecified atom stereocenters. The van der Waals surface area contributed by atoms with Gasteiger partial charge in [-0.3, -0.25) is 4.79 Å². The molecule has 134 valence electrons. The second-order valence-corrected chi connectivity index (χ2v) is 6.35. The second kappa shape index (κ2) is 7.93. The van der Waals surface area contributed by atoms with Gasteiger partial charge in [0.05, 0.1) is 18.4 Å². The SMILES string of the molecule is CCOC(=O)c1c(NC(=O)COC(=O)c2cnoc2C)sc(C)c1C. The molecule has 0 fully saturated rings. The van der Waals surface area contributed by atoms with E-state index in [-0.39, 0.29) is 12.2 Å². The minimum absolute atomic E-state index is 0.155. The molecule has 2 aromatic rings. The summed E-state index contributed by atoms with van der Waals surface area (Å²) in [5.41, 5.74) is 1.22. The molecule has 2 rings (SSSR count). The molecular formula is C16H18N2O6S. The lowest BCUT2D eigenvalue weighted by Gasteiger charge is -2.07. The van der Waals surface area contributed by atoms with Crippen LogP contribution in [0.5, 0.6) is 0 Å². The average molecular weight is 366 g/mol. The average Bonchev–Trinajstić information content (AvgIpc) is 3.09. The highest BCUT2D eigenvalue weighted by Crippen LogP contribution is 2.33. The number of thiophene rings is 1. The maximum Gasteiger partial charge on any atom is 0.343 e. The molecule has 0 bridgehead atoms. The number of carbonyl (C=O) groups excluding carboxylic acids is 3. The molecule has 0 atom stereocenters. The molecule has 0 saturated heterocycles. The van der Waals surface area contributed by atoms with Crippen LogP contribution < -0.4 is 5.32 Å². The highest BCUT2D eigenvalue weighted by Gasteiger charge is 2.23. The number of esters is 2. The first-order valence-corrected chi connectivity index (χ1v) is 8.32. The Kier molecular flexibility index (Phi) is 5.92. The summed E-state index contributed by atoms with van der Waals surface area (Å²) < 4.78 is 14.7. The van der Waals surface area contributed by atoms with E-state index in [0.717, 1.165) is 10.4 Å². The van der Waals surface area contributed by atoms with Gasteiger partial charge in [-0.25, -0.2) is 9.59 Å². The first-order chi connectivity index (χ1) is 11.8. The van der Waals surface area contributed by atoms with E-state index in [1.807, 2.05) is 6.92 Å². The van der Waals surface area contributed by atoms with Crippen LogP contribution in [0.4, 0.5) is 5.00 Å². The first kappa shape index (κ1) is 18.7. The van der Waals surface area contributed by atoms with Gasteiger partial charge in [-0.2, -0.15) is 0 Å². The molecule has 1 amide bonds. The van der Waals surface area contributed by atoms with Gasteiger partial charge in [-0.15, -0.1) is 11.3 Å². The summed E-state index contributed by atoms with van der Waals surface area (Å²) in [5.74, 6) is -1.47. The predicted octanol–water partition coefficient (Wildman–Crippen LogP) is 2.63. The van der Waals surface area contributed by atoms with E-state index >= 15 is 0 Å². The number of carbonyl (C=O) groups is 3. The third kappa shape index (κ3) is 4.24. The van der Waals surface area contributed by atoms with E-state index in [1.54, 1.807) is 20.8 Å². The van der Waals surface area contributed by atoms with Crippen LogP contribution in [0.1, 0.15) is 43.8 Å². The van der Waals surface area contributed by atoms with E-state index in [2.05, 4.69) is 10.5 Å². The fourth-order valence-electron chi connectivity index (χ4n) is 2.03. The van der Waals surface area contributed by atoms with Gasteiger partial charge in [-0.1, -0.05) is 5.16 Å². The molecule has 8 nitrogen and oxygen atoms in total. The maximum atomic E-state index is 12.1. The number of nitrogens with zero attached hydrogens (tertiary/aromatic N) is 1. The van der Waals surface area contributed by atoms with Gasteiger partial charge in [0.2, 0.25) is 0 Å². The van der Waals surface area contributed by atoms with Gasteiger partial charge in [0, 0.05) is 4.88 Å². The number of anilines is 1. The summed E-state index contributed by atoms with van der Waals surface area (Å²) >= 11 is 1.26. The van der Waals surface area contributed by atoms with Crippen LogP contribution in [0, 0.1) is 20.8 Å². The van der Waals surface area contributed by atoms with Crippen molar-refractivity contribution in [3.8, 4) is 0 Å². The van der Waals surface area contributed by atoms with E-state index in [1.165, 1.54) is 17.5 Å². The van der Waals surface area contributed by atoms with Crippen molar-refractivity contribution in [2.24, 2.45) is 0 Å². The van der Waals surface area contributed by atoms with Crippen LogP contribution in [-0.2, 0) is 14.3 Å². The van der Waals surface area contributed by atoms with Crippen LogP contribution in [0.15, 0.2) is 10.7 Å². The minimum atomic E-state index is -0.710. The number of aromatic nitrogens is 1. The van der Waals surface area contributed by atoms with Crippen molar-refractivity contribution in [3.63, 3.8) is 0 Å². The summed E-state index contributed by atoms with van der Waals surface area (Å²) in [7, 11) is 0. The van der Waals surface area contributed by atoms with Crippen molar-refractivity contribution in [1.29, 1.82) is 0 Å². The number of ether oxygens (including phenoxy) is 2. The van der Waals surface area contributed by atoms with Crippen molar-refractivity contribution >= 4 is 34.2 Å². The quantitative estimate of drug-likeness (QED) is 0.783. The molecule has 2 aromatic heterocycles. The Morgan fingerprint density at radius 2 is 1.92 bits per heavy atom. The van der Waals surface area contributed by atoms with Crippen LogP contribution >= 0.6 is 11.3 Å². The topological polar surface area (TPSA) is 108 Å². The third-order valence-electron chi connectivity index (χ3n) is 3.42. The molecular weight excluding hydrogens is 348 g/mol. The molecule has 9 heteroatoms. The lowest BCUT2D eigenvalue weighted by Crippen LogP contribution is -2.22. The Balaban J connectivity index is 2.03. The monoisotopic (exact) mass is 366 g/mol. The normalized spacial score (nSPS) is 10.4. The lowest BCUT2D eigenvalue weighted by molar-refractivity contribution is -0.119. The lowest BCUT2D eigenvalue weighted by atomic mass is 10.1. The predicted molar refractivity (Wildman–Crippen MR) is 89.9 cm³/mol. The summed E-state index contributed by atoms with van der Waals surface area (Å²) in [6.07, 6.45) is 1.22. The molecule has 2 heterocycles. The fourth-order valence-corrected chi connectivity index (χ4v) is 3.09. The molecule has 0 aliphatic heterocycles. The standard InChI is InChI=1S/C16H18N2O6S/c1-5-22-16(21)13-8(2)10(4)25-14(13)18-12(19)7-23-15(20)11-6-17-24-9(11)3/h6H,5,7H2,1-4H3,(H,18,19). The fraction of sp³-hybridized carbons (Fsp3) is 0.375. The minimum Gasteiger partial charge on any atom is -0.462 e. The van der Waals surface area contributed by atoms with Gasteiger partial charge in [0.15, 0.2) is 6.61 Å². The van der Waals surface area contributed by atoms with Crippen molar-refractivity contribution < 1.29 is 28.4 Å². The zero-order chi connectivity index (χ0) is 18.6. The molecule has 1 N–H and O–H groups in total. The second-order valence-electron chi connectivity index (χ2n) is 5.13. The van der Waals surface area contributed by atoms with E-state index in [9.17, 15) is 14.4 Å². The number of rotatable bonds is 6. The number of aryl methyl sites for hydroxylation is 2.